The van der Waals surface area contributed by atoms with Crippen LogP contribution in [0, 0.1) is 29.6 Å². The van der Waals surface area contributed by atoms with Crippen LogP contribution in [0.1, 0.15) is 119 Å². The topological polar surface area (TPSA) is 184 Å². The molecule has 0 aromatic heterocycles. The zero-order chi connectivity index (χ0) is 46.9. The van der Waals surface area contributed by atoms with Crippen molar-refractivity contribution in [2.45, 2.75) is 179 Å². The number of hydrogen-bond acceptors (Lipinski definition) is 13. The first-order valence-electron chi connectivity index (χ1n) is 23.6. The highest BCUT2D eigenvalue weighted by molar-refractivity contribution is 6.39. The van der Waals surface area contributed by atoms with Crippen molar-refractivity contribution in [1.29, 1.82) is 0 Å². The van der Waals surface area contributed by atoms with Crippen molar-refractivity contribution in [2.24, 2.45) is 29.6 Å². The number of aliphatic hydroxyl groups excluding tert-OH is 1. The lowest BCUT2D eigenvalue weighted by atomic mass is 9.78. The quantitative estimate of drug-likeness (QED) is 0.181. The number of esters is 1. The van der Waals surface area contributed by atoms with Crippen LogP contribution < -0.4 is 0 Å². The molecule has 4 heterocycles. The van der Waals surface area contributed by atoms with E-state index in [9.17, 15) is 34.2 Å². The molecule has 15 atom stereocenters. The molecule has 3 saturated heterocycles. The Bertz CT molecular complexity index is 1770. The van der Waals surface area contributed by atoms with E-state index >= 15 is 0 Å². The van der Waals surface area contributed by atoms with E-state index in [2.05, 4.69) is 0 Å². The van der Waals surface area contributed by atoms with Gasteiger partial charge in [0.05, 0.1) is 24.4 Å². The SMILES string of the molecule is COC1C(=O)C2CC(C)/C=C/C=C/C=C(\C)[C@@H](OC)C[C@@H]3CCC(C)C(O)(O3)C(=O)C(=O)N3CCCCC3C(=O)OC([C@H](C)CC3CC[C@@H](O)C(OC)C3)CC(=O)C(C)/C=C(\C)C1O2. The Morgan fingerprint density at radius 1 is 0.875 bits per heavy atom. The molecule has 64 heavy (non-hydrogen) atoms. The number of amides is 1. The lowest BCUT2D eigenvalue weighted by molar-refractivity contribution is -0.265. The van der Waals surface area contributed by atoms with Gasteiger partial charge in [-0.15, -0.1) is 0 Å². The zero-order valence-corrected chi connectivity index (χ0v) is 39.6. The van der Waals surface area contributed by atoms with Gasteiger partial charge in [-0.05, 0) is 107 Å². The van der Waals surface area contributed by atoms with E-state index in [1.807, 2.05) is 58.1 Å². The van der Waals surface area contributed by atoms with Gasteiger partial charge in [-0.1, -0.05) is 64.2 Å². The number of piperidine rings is 1. The molecule has 2 N–H and O–H groups in total. The number of methoxy groups -OCH3 is 3. The number of aliphatic hydroxyl groups is 2. The van der Waals surface area contributed by atoms with E-state index in [1.165, 1.54) is 12.0 Å². The van der Waals surface area contributed by atoms with E-state index in [0.29, 0.717) is 63.4 Å². The van der Waals surface area contributed by atoms with Crippen LogP contribution in [-0.4, -0.2) is 133 Å². The van der Waals surface area contributed by atoms with Crippen LogP contribution in [-0.2, 0) is 52.4 Å². The number of Topliss-reactive ketones (excluding diaryl/α,β-unsaturated/α-hetero) is 3. The van der Waals surface area contributed by atoms with Gasteiger partial charge in [0.2, 0.25) is 5.79 Å². The van der Waals surface area contributed by atoms with Crippen molar-refractivity contribution in [1.82, 2.24) is 4.90 Å². The van der Waals surface area contributed by atoms with E-state index in [-0.39, 0.29) is 54.8 Å². The molecular formula is C50H75NO13. The van der Waals surface area contributed by atoms with Crippen LogP contribution in [0.15, 0.2) is 47.6 Å². The highest BCUT2D eigenvalue weighted by atomic mass is 16.6. The highest BCUT2D eigenvalue weighted by Gasteiger charge is 2.53. The summed E-state index contributed by atoms with van der Waals surface area (Å²) in [5.41, 5.74) is 1.57. The Morgan fingerprint density at radius 3 is 2.33 bits per heavy atom. The molecular weight excluding hydrogens is 823 g/mol. The van der Waals surface area contributed by atoms with Crippen LogP contribution in [0.25, 0.3) is 0 Å². The smallest absolute Gasteiger partial charge is 0.329 e. The van der Waals surface area contributed by atoms with Crippen LogP contribution >= 0.6 is 0 Å². The fourth-order valence-corrected chi connectivity index (χ4v) is 10.3. The van der Waals surface area contributed by atoms with E-state index in [4.69, 9.17) is 28.4 Å². The maximum atomic E-state index is 14.4. The van der Waals surface area contributed by atoms with Gasteiger partial charge in [0.15, 0.2) is 5.78 Å². The molecule has 11 unspecified atom stereocenters. The second-order valence-electron chi connectivity index (χ2n) is 19.3. The molecule has 358 valence electrons. The van der Waals surface area contributed by atoms with Crippen molar-refractivity contribution >= 4 is 29.2 Å². The summed E-state index contributed by atoms with van der Waals surface area (Å²) in [6.45, 7) is 11.2. The minimum Gasteiger partial charge on any atom is -0.460 e. The van der Waals surface area contributed by atoms with Crippen LogP contribution in [0.2, 0.25) is 0 Å². The minimum absolute atomic E-state index is 0.0103. The third-order valence-electron chi connectivity index (χ3n) is 14.5. The first-order chi connectivity index (χ1) is 30.4. The fraction of sp³-hybridized carbons (Fsp3) is 0.740. The van der Waals surface area contributed by atoms with Crippen molar-refractivity contribution in [3.05, 3.63) is 47.6 Å². The summed E-state index contributed by atoms with van der Waals surface area (Å²) in [6.07, 6.45) is 11.9. The number of carbonyl (C=O) groups is 5. The number of ketones is 3. The van der Waals surface area contributed by atoms with Crippen molar-refractivity contribution < 1.29 is 62.6 Å². The zero-order valence-electron chi connectivity index (χ0n) is 39.6. The van der Waals surface area contributed by atoms with Gasteiger partial charge in [-0.3, -0.25) is 19.2 Å². The van der Waals surface area contributed by atoms with Gasteiger partial charge in [0.25, 0.3) is 11.7 Å². The first kappa shape index (κ1) is 51.6. The third kappa shape index (κ3) is 12.5. The average Bonchev–Trinajstić information content (AvgIpc) is 3.59. The van der Waals surface area contributed by atoms with Gasteiger partial charge in [0, 0.05) is 52.6 Å². The summed E-state index contributed by atoms with van der Waals surface area (Å²) in [5.74, 6) is -7.13. The van der Waals surface area contributed by atoms with Crippen molar-refractivity contribution in [2.75, 3.05) is 27.9 Å². The van der Waals surface area contributed by atoms with Crippen LogP contribution in [0.4, 0.5) is 0 Å². The molecule has 5 rings (SSSR count). The average molecular weight is 898 g/mol. The third-order valence-corrected chi connectivity index (χ3v) is 14.5. The number of allylic oxidation sites excluding steroid dienone is 6. The minimum atomic E-state index is -2.41. The van der Waals surface area contributed by atoms with E-state index < -0.39 is 84.1 Å². The Kier molecular flexibility index (Phi) is 18.9. The van der Waals surface area contributed by atoms with Crippen LogP contribution in [0.5, 0.6) is 0 Å². The molecule has 4 aliphatic heterocycles. The second kappa shape index (κ2) is 23.4. The fourth-order valence-electron chi connectivity index (χ4n) is 10.3. The molecule has 5 aliphatic rings. The maximum Gasteiger partial charge on any atom is 0.329 e. The first-order valence-corrected chi connectivity index (χ1v) is 23.6. The summed E-state index contributed by atoms with van der Waals surface area (Å²) in [6, 6.07) is -1.12. The highest BCUT2D eigenvalue weighted by Crippen LogP contribution is 2.38. The Hall–Kier alpha value is -3.37. The van der Waals surface area contributed by atoms with Gasteiger partial charge in [-0.2, -0.15) is 0 Å². The number of carbonyl (C=O) groups excluding carboxylic acids is 5. The molecule has 14 heteroatoms. The monoisotopic (exact) mass is 898 g/mol. The molecule has 1 amide bonds. The molecule has 0 radical (unpaired) electrons. The normalized spacial score (nSPS) is 41.3. The summed E-state index contributed by atoms with van der Waals surface area (Å²) in [5, 5.41) is 22.4. The summed E-state index contributed by atoms with van der Waals surface area (Å²) in [7, 11) is 4.64. The maximum absolute atomic E-state index is 14.4. The molecule has 0 aromatic carbocycles. The predicted octanol–water partition coefficient (Wildman–Crippen LogP) is 5.95. The number of cyclic esters (lactones) is 1. The van der Waals surface area contributed by atoms with Crippen LogP contribution in [0.3, 0.4) is 0 Å². The van der Waals surface area contributed by atoms with E-state index in [1.54, 1.807) is 34.1 Å². The number of rotatable bonds is 6. The van der Waals surface area contributed by atoms with Crippen molar-refractivity contribution in [3.8, 4) is 0 Å². The molecule has 0 aromatic rings. The predicted molar refractivity (Wildman–Crippen MR) is 239 cm³/mol. The van der Waals surface area contributed by atoms with Crippen molar-refractivity contribution in [3.63, 3.8) is 0 Å². The second-order valence-corrected chi connectivity index (χ2v) is 19.3. The molecule has 14 nitrogen and oxygen atoms in total. The van der Waals surface area contributed by atoms with Gasteiger partial charge >= 0.3 is 5.97 Å². The summed E-state index contributed by atoms with van der Waals surface area (Å²) in [4.78, 5) is 71.7. The number of fused-ring (bicyclic) bond motifs is 5. The van der Waals surface area contributed by atoms with Gasteiger partial charge in [0.1, 0.15) is 36.2 Å². The lowest BCUT2D eigenvalue weighted by Gasteiger charge is -2.42. The van der Waals surface area contributed by atoms with E-state index in [0.717, 1.165) is 12.0 Å². The van der Waals surface area contributed by atoms with Gasteiger partial charge in [-0.25, -0.2) is 4.79 Å². The Labute approximate surface area is 380 Å². The Morgan fingerprint density at radius 2 is 1.62 bits per heavy atom. The molecule has 1 aliphatic carbocycles. The Balaban J connectivity index is 1.47. The lowest BCUT2D eigenvalue weighted by Crippen LogP contribution is -2.61. The largest absolute Gasteiger partial charge is 0.460 e. The number of hydrogen-bond donors (Lipinski definition) is 2. The molecule has 1 saturated carbocycles. The number of ether oxygens (including phenoxy) is 6. The number of nitrogens with zero attached hydrogens (tertiary/aromatic N) is 1. The molecule has 0 spiro atoms. The van der Waals surface area contributed by atoms with Gasteiger partial charge < -0.3 is 43.5 Å². The summed E-state index contributed by atoms with van der Waals surface area (Å²) < 4.78 is 35.9. The molecule has 4 bridgehead atoms. The standard InChI is InChI=1S/C50H75NO13/c1-29-15-11-10-12-16-30(2)40(59-7)27-36-20-18-34(6)50(58,64-36)47(55)48(56)51-22-14-13-17-37(51)49(57)63-41(32(4)25-35-19-21-38(52)42(26-35)60-8)28-39(53)31(3)24-33(5)45-46(61-9)44(54)43(23-29)62-45/h10-12,15-16,24,29,31-32,34-38,40-43,45-46,52,58H,13-14,17-23,25-28H2,1-9H3/b12-10+,15-11+,30-16+,33-24+/t29?,31?,32-,34?,35?,36+,37?,38-,40+,41?,42?,43?,45?,46?,50?/m1/s1. The molecule has 4 fully saturated rings. The summed E-state index contributed by atoms with van der Waals surface area (Å²) >= 11 is 0.